The van der Waals surface area contributed by atoms with Gasteiger partial charge < -0.3 is 14.6 Å². The van der Waals surface area contributed by atoms with Crippen LogP contribution in [-0.2, 0) is 4.79 Å². The fourth-order valence-corrected chi connectivity index (χ4v) is 1.08. The predicted molar refractivity (Wildman–Crippen MR) is 50.9 cm³/mol. The molecule has 1 unspecified atom stereocenters. The summed E-state index contributed by atoms with van der Waals surface area (Å²) in [6.07, 6.45) is -0.464. The Hall–Kier alpha value is -0.510. The minimum Gasteiger partial charge on any atom is -0.546 e. The summed E-state index contributed by atoms with van der Waals surface area (Å²) in [7, 11) is 0. The van der Waals surface area contributed by atoms with Crippen molar-refractivity contribution in [2.24, 2.45) is 0 Å². The summed E-state index contributed by atoms with van der Waals surface area (Å²) in [5.74, 6) is -0.611. The molecule has 0 amide bonds. The van der Waals surface area contributed by atoms with Gasteiger partial charge in [0, 0.05) is 0 Å². The Morgan fingerprint density at radius 1 is 1.40 bits per heavy atom. The van der Waals surface area contributed by atoms with Crippen LogP contribution >= 0.6 is 0 Å². The molecule has 0 fully saturated rings. The van der Waals surface area contributed by atoms with Gasteiger partial charge in [-0.3, -0.25) is 0 Å². The van der Waals surface area contributed by atoms with Crippen LogP contribution in [0, 0.1) is 6.92 Å². The predicted octanol–water partition coefficient (Wildman–Crippen LogP) is -2.09. The smallest absolute Gasteiger partial charge is 0.546 e. The molecule has 0 N–H and O–H groups in total. The molecular weight excluding hydrogens is 203 g/mol. The number of carboxylic acids is 1. The van der Waals surface area contributed by atoms with E-state index in [4.69, 9.17) is 4.74 Å². The first-order valence-electron chi connectivity index (χ1n) is 4.57. The third-order valence-electron chi connectivity index (χ3n) is 1.93. The average Bonchev–Trinajstić information content (AvgIpc) is 2.16. The summed E-state index contributed by atoms with van der Waals surface area (Å²) in [5, 5.41) is 10.6. The zero-order chi connectivity index (χ0) is 10.6. The van der Waals surface area contributed by atoms with Gasteiger partial charge in [0.25, 0.3) is 0 Å². The van der Waals surface area contributed by atoms with Crippen molar-refractivity contribution in [3.8, 4) is 5.75 Å². The Labute approximate surface area is 112 Å². The first-order chi connectivity index (χ1) is 6.63. The van der Waals surface area contributed by atoms with Crippen LogP contribution in [0.25, 0.3) is 0 Å². The molecule has 0 bridgehead atoms. The van der Waals surface area contributed by atoms with Crippen molar-refractivity contribution in [1.29, 1.82) is 0 Å². The zero-order valence-electron chi connectivity index (χ0n) is 9.32. The van der Waals surface area contributed by atoms with Crippen molar-refractivity contribution in [1.82, 2.24) is 0 Å². The average molecular weight is 216 g/mol. The molecule has 0 aromatic heterocycles. The van der Waals surface area contributed by atoms with Crippen LogP contribution in [0.4, 0.5) is 0 Å². The Kier molecular flexibility index (Phi) is 6.65. The van der Waals surface area contributed by atoms with Gasteiger partial charge in [-0.2, -0.15) is 0 Å². The number of aryl methyl sites for hydroxylation is 1. The molecule has 76 valence electrons. The second kappa shape index (κ2) is 6.88. The minimum absolute atomic E-state index is 0. The fourth-order valence-electron chi connectivity index (χ4n) is 1.08. The molecule has 4 heteroatoms. The molecule has 0 aliphatic rings. The summed E-state index contributed by atoms with van der Waals surface area (Å²) in [6, 6.07) is 7.25. The largest absolute Gasteiger partial charge is 1.00 e. The number of benzene rings is 1. The first kappa shape index (κ1) is 14.5. The standard InChI is InChI=1S/C11H14O3.Na/c1-3-10(11(12)13)14-9-6-4-8(2)5-7-9;/h4-7,10H,3H2,1-2H3,(H,12,13);/q;+1/p-1. The van der Waals surface area contributed by atoms with E-state index in [0.29, 0.717) is 12.2 Å². The van der Waals surface area contributed by atoms with Crippen LogP contribution in [0.15, 0.2) is 24.3 Å². The maximum Gasteiger partial charge on any atom is 1.00 e. The van der Waals surface area contributed by atoms with Crippen LogP contribution in [0.5, 0.6) is 5.75 Å². The number of carbonyl (C=O) groups is 1. The van der Waals surface area contributed by atoms with Gasteiger partial charge in [0.2, 0.25) is 0 Å². The third-order valence-corrected chi connectivity index (χ3v) is 1.93. The number of hydrogen-bond donors (Lipinski definition) is 0. The third kappa shape index (κ3) is 4.69. The molecule has 0 saturated carbocycles. The summed E-state index contributed by atoms with van der Waals surface area (Å²) in [4.78, 5) is 10.6. The molecule has 1 aromatic rings. The maximum atomic E-state index is 10.6. The molecule has 0 aliphatic carbocycles. The van der Waals surface area contributed by atoms with E-state index < -0.39 is 12.1 Å². The van der Waals surface area contributed by atoms with Crippen LogP contribution in [-0.4, -0.2) is 12.1 Å². The Morgan fingerprint density at radius 3 is 2.33 bits per heavy atom. The van der Waals surface area contributed by atoms with Crippen molar-refractivity contribution < 1.29 is 44.2 Å². The maximum absolute atomic E-state index is 10.6. The van der Waals surface area contributed by atoms with E-state index in [1.807, 2.05) is 19.1 Å². The van der Waals surface area contributed by atoms with Gasteiger partial charge in [-0.25, -0.2) is 0 Å². The van der Waals surface area contributed by atoms with Gasteiger partial charge in [0.1, 0.15) is 11.9 Å². The zero-order valence-corrected chi connectivity index (χ0v) is 11.3. The molecule has 0 heterocycles. The van der Waals surface area contributed by atoms with E-state index >= 15 is 0 Å². The second-order valence-corrected chi connectivity index (χ2v) is 3.15. The molecule has 0 aliphatic heterocycles. The van der Waals surface area contributed by atoms with Gasteiger partial charge in [-0.1, -0.05) is 24.6 Å². The molecule has 0 saturated heterocycles. The van der Waals surface area contributed by atoms with Crippen molar-refractivity contribution in [2.45, 2.75) is 26.4 Å². The van der Waals surface area contributed by atoms with Crippen LogP contribution in [0.2, 0.25) is 0 Å². The molecule has 15 heavy (non-hydrogen) atoms. The monoisotopic (exact) mass is 216 g/mol. The van der Waals surface area contributed by atoms with E-state index in [0.717, 1.165) is 5.56 Å². The van der Waals surface area contributed by atoms with Gasteiger partial charge >= 0.3 is 29.6 Å². The molecular formula is C11H13NaO3. The van der Waals surface area contributed by atoms with E-state index in [1.54, 1.807) is 19.1 Å². The second-order valence-electron chi connectivity index (χ2n) is 3.15. The first-order valence-corrected chi connectivity index (χ1v) is 4.57. The minimum atomic E-state index is -1.17. The Morgan fingerprint density at radius 2 is 1.93 bits per heavy atom. The molecule has 0 radical (unpaired) electrons. The molecule has 3 nitrogen and oxygen atoms in total. The van der Waals surface area contributed by atoms with Crippen LogP contribution in [0.3, 0.4) is 0 Å². The van der Waals surface area contributed by atoms with E-state index in [1.165, 1.54) is 0 Å². The van der Waals surface area contributed by atoms with Crippen molar-refractivity contribution >= 4 is 5.97 Å². The van der Waals surface area contributed by atoms with E-state index in [2.05, 4.69) is 0 Å². The molecule has 1 aromatic carbocycles. The summed E-state index contributed by atoms with van der Waals surface area (Å²) < 4.78 is 5.22. The molecule has 1 atom stereocenters. The van der Waals surface area contributed by atoms with Crippen LogP contribution < -0.4 is 39.4 Å². The van der Waals surface area contributed by atoms with Crippen molar-refractivity contribution in [3.05, 3.63) is 29.8 Å². The van der Waals surface area contributed by atoms with Gasteiger partial charge in [-0.05, 0) is 25.5 Å². The summed E-state index contributed by atoms with van der Waals surface area (Å²) in [5.41, 5.74) is 1.11. The van der Waals surface area contributed by atoms with Crippen molar-refractivity contribution in [2.75, 3.05) is 0 Å². The van der Waals surface area contributed by atoms with E-state index in [9.17, 15) is 9.90 Å². The Bertz CT molecular complexity index is 308. The number of rotatable bonds is 4. The van der Waals surface area contributed by atoms with Crippen LogP contribution in [0.1, 0.15) is 18.9 Å². The SMILES string of the molecule is CCC(Oc1ccc(C)cc1)C(=O)[O-].[Na+]. The number of ether oxygens (including phenoxy) is 1. The number of hydrogen-bond acceptors (Lipinski definition) is 3. The fraction of sp³-hybridized carbons (Fsp3) is 0.364. The van der Waals surface area contributed by atoms with Gasteiger partial charge in [0.15, 0.2) is 0 Å². The molecule has 1 rings (SSSR count). The summed E-state index contributed by atoms with van der Waals surface area (Å²) >= 11 is 0. The van der Waals surface area contributed by atoms with Gasteiger partial charge in [0.05, 0.1) is 5.97 Å². The number of carboxylic acid groups (broad SMARTS) is 1. The topological polar surface area (TPSA) is 49.4 Å². The number of aliphatic carboxylic acids is 1. The van der Waals surface area contributed by atoms with Gasteiger partial charge in [-0.15, -0.1) is 0 Å². The quantitative estimate of drug-likeness (QED) is 0.542. The Balaban J connectivity index is 0.00000196. The van der Waals surface area contributed by atoms with E-state index in [-0.39, 0.29) is 29.6 Å². The summed E-state index contributed by atoms with van der Waals surface area (Å²) in [6.45, 7) is 3.70. The number of carbonyl (C=O) groups excluding carboxylic acids is 1. The molecule has 0 spiro atoms. The van der Waals surface area contributed by atoms with Crippen molar-refractivity contribution in [3.63, 3.8) is 0 Å². The normalized spacial score (nSPS) is 11.3.